The van der Waals surface area contributed by atoms with Crippen molar-refractivity contribution in [3.63, 3.8) is 0 Å². The minimum Gasteiger partial charge on any atom is -0.479 e. The lowest BCUT2D eigenvalue weighted by molar-refractivity contribution is -0.114. The van der Waals surface area contributed by atoms with Crippen molar-refractivity contribution in [2.24, 2.45) is 0 Å². The number of nitrogen functional groups attached to an aromatic ring is 1. The molecule has 2 aromatic heterocycles. The second-order valence-electron chi connectivity index (χ2n) is 5.99. The Bertz CT molecular complexity index is 774. The molecule has 0 aromatic carbocycles. The fourth-order valence-corrected chi connectivity index (χ4v) is 2.26. The van der Waals surface area contributed by atoms with Crippen LogP contribution in [0, 0.1) is 0 Å². The Labute approximate surface area is 133 Å². The first-order chi connectivity index (χ1) is 10.8. The highest BCUT2D eigenvalue weighted by atomic mass is 16.6. The lowest BCUT2D eigenvalue weighted by atomic mass is 10.1. The van der Waals surface area contributed by atoms with E-state index in [-0.39, 0.29) is 11.5 Å². The van der Waals surface area contributed by atoms with E-state index in [1.165, 1.54) is 6.92 Å². The lowest BCUT2D eigenvalue weighted by Crippen LogP contribution is -2.39. The van der Waals surface area contributed by atoms with Gasteiger partial charge in [0.05, 0.1) is 5.69 Å². The van der Waals surface area contributed by atoms with Crippen LogP contribution in [0.25, 0.3) is 11.3 Å². The summed E-state index contributed by atoms with van der Waals surface area (Å²) in [5.74, 6) is 1.24. The smallest absolute Gasteiger partial charge is 0.257 e. The molecule has 0 radical (unpaired) electrons. The predicted molar refractivity (Wildman–Crippen MR) is 86.4 cm³/mol. The van der Waals surface area contributed by atoms with Crippen molar-refractivity contribution in [3.05, 3.63) is 24.4 Å². The van der Waals surface area contributed by atoms with E-state index in [9.17, 15) is 4.79 Å². The maximum atomic E-state index is 11.1. The number of rotatable bonds is 2. The van der Waals surface area contributed by atoms with Gasteiger partial charge in [0.2, 0.25) is 5.91 Å². The molecule has 1 aliphatic rings. The topological polar surface area (TPSA) is 99.4 Å². The molecule has 120 valence electrons. The highest BCUT2D eigenvalue weighted by molar-refractivity contribution is 5.89. The van der Waals surface area contributed by atoms with E-state index in [1.54, 1.807) is 24.4 Å². The quantitative estimate of drug-likeness (QED) is 0.882. The molecule has 0 saturated carbocycles. The average molecular weight is 314 g/mol. The SMILES string of the molecule is CC(=O)Nc1cc(N)c(-c2ccc3c(n2)OCC(C)(C)O3)cn1. The first-order valence-electron chi connectivity index (χ1n) is 7.20. The number of carbonyl (C=O) groups excluding carboxylic acids is 1. The van der Waals surface area contributed by atoms with Gasteiger partial charge in [-0.15, -0.1) is 0 Å². The molecule has 7 nitrogen and oxygen atoms in total. The van der Waals surface area contributed by atoms with E-state index in [0.717, 1.165) is 0 Å². The number of aromatic nitrogens is 2. The third-order valence-electron chi connectivity index (χ3n) is 3.28. The number of carbonyl (C=O) groups is 1. The molecule has 1 amide bonds. The van der Waals surface area contributed by atoms with Gasteiger partial charge in [0.15, 0.2) is 5.75 Å². The Kier molecular flexibility index (Phi) is 3.55. The van der Waals surface area contributed by atoms with E-state index in [1.807, 2.05) is 13.8 Å². The van der Waals surface area contributed by atoms with Crippen molar-refractivity contribution in [2.75, 3.05) is 17.7 Å². The largest absolute Gasteiger partial charge is 0.479 e. The zero-order valence-corrected chi connectivity index (χ0v) is 13.2. The number of nitrogens with two attached hydrogens (primary N) is 1. The van der Waals surface area contributed by atoms with Crippen LogP contribution in [0.1, 0.15) is 20.8 Å². The summed E-state index contributed by atoms with van der Waals surface area (Å²) in [6.45, 7) is 5.74. The second-order valence-corrected chi connectivity index (χ2v) is 5.99. The molecular formula is C16H18N4O3. The fraction of sp³-hybridized carbons (Fsp3) is 0.312. The van der Waals surface area contributed by atoms with Crippen molar-refractivity contribution in [2.45, 2.75) is 26.4 Å². The van der Waals surface area contributed by atoms with Crippen LogP contribution in [-0.2, 0) is 4.79 Å². The maximum absolute atomic E-state index is 11.1. The summed E-state index contributed by atoms with van der Waals surface area (Å²) in [4.78, 5) is 19.7. The van der Waals surface area contributed by atoms with Crippen LogP contribution in [0.5, 0.6) is 11.6 Å². The molecule has 0 saturated heterocycles. The predicted octanol–water partition coefficient (Wildman–Crippen LogP) is 2.23. The third-order valence-corrected chi connectivity index (χ3v) is 3.28. The summed E-state index contributed by atoms with van der Waals surface area (Å²) in [5.41, 5.74) is 7.43. The number of hydrogen-bond donors (Lipinski definition) is 2. The molecule has 3 N–H and O–H groups in total. The minimum absolute atomic E-state index is 0.204. The van der Waals surface area contributed by atoms with Gasteiger partial charge in [-0.1, -0.05) is 0 Å². The number of anilines is 2. The fourth-order valence-electron chi connectivity index (χ4n) is 2.26. The molecule has 0 atom stereocenters. The van der Waals surface area contributed by atoms with Gasteiger partial charge in [-0.25, -0.2) is 9.97 Å². The van der Waals surface area contributed by atoms with Crippen LogP contribution in [0.15, 0.2) is 24.4 Å². The van der Waals surface area contributed by atoms with E-state index < -0.39 is 0 Å². The van der Waals surface area contributed by atoms with Gasteiger partial charge in [-0.3, -0.25) is 4.79 Å². The van der Waals surface area contributed by atoms with Crippen molar-refractivity contribution < 1.29 is 14.3 Å². The first kappa shape index (κ1) is 15.1. The summed E-state index contributed by atoms with van der Waals surface area (Å²) < 4.78 is 11.5. The van der Waals surface area contributed by atoms with Gasteiger partial charge in [-0.05, 0) is 26.0 Å². The molecule has 0 bridgehead atoms. The third kappa shape index (κ3) is 3.18. The first-order valence-corrected chi connectivity index (χ1v) is 7.20. The van der Waals surface area contributed by atoms with Gasteiger partial charge in [-0.2, -0.15) is 0 Å². The van der Waals surface area contributed by atoms with E-state index in [2.05, 4.69) is 15.3 Å². The highest BCUT2D eigenvalue weighted by Crippen LogP contribution is 2.36. The standard InChI is InChI=1S/C16H18N4O3/c1-9(21)19-14-6-11(17)10(7-18-14)12-4-5-13-15(20-12)22-8-16(2,3)23-13/h4-7H,8H2,1-3H3,(H3,17,18,19,21). The molecule has 7 heteroatoms. The molecule has 0 aliphatic carbocycles. The second kappa shape index (κ2) is 5.42. The van der Waals surface area contributed by atoms with Crippen molar-refractivity contribution in [3.8, 4) is 22.9 Å². The van der Waals surface area contributed by atoms with Crippen molar-refractivity contribution in [1.82, 2.24) is 9.97 Å². The van der Waals surface area contributed by atoms with Crippen LogP contribution in [0.2, 0.25) is 0 Å². The minimum atomic E-state index is -0.378. The van der Waals surface area contributed by atoms with Crippen LogP contribution in [0.4, 0.5) is 11.5 Å². The summed E-state index contributed by atoms with van der Waals surface area (Å²) in [7, 11) is 0. The molecule has 0 fully saturated rings. The molecule has 3 rings (SSSR count). The van der Waals surface area contributed by atoms with Crippen molar-refractivity contribution >= 4 is 17.4 Å². The molecule has 0 unspecified atom stereocenters. The molecule has 2 aromatic rings. The van der Waals surface area contributed by atoms with Crippen LogP contribution >= 0.6 is 0 Å². The van der Waals surface area contributed by atoms with Gasteiger partial charge in [0.25, 0.3) is 5.88 Å². The number of nitrogens with zero attached hydrogens (tertiary/aromatic N) is 2. The average Bonchev–Trinajstić information content (AvgIpc) is 2.45. The number of ether oxygens (including phenoxy) is 2. The Morgan fingerprint density at radius 3 is 2.87 bits per heavy atom. The van der Waals surface area contributed by atoms with E-state index >= 15 is 0 Å². The van der Waals surface area contributed by atoms with Crippen molar-refractivity contribution in [1.29, 1.82) is 0 Å². The summed E-state index contributed by atoms with van der Waals surface area (Å²) in [5, 5.41) is 2.59. The zero-order valence-electron chi connectivity index (χ0n) is 13.2. The number of pyridine rings is 2. The Balaban J connectivity index is 1.92. The van der Waals surface area contributed by atoms with Crippen LogP contribution in [0.3, 0.4) is 0 Å². The van der Waals surface area contributed by atoms with Gasteiger partial charge >= 0.3 is 0 Å². The van der Waals surface area contributed by atoms with E-state index in [0.29, 0.717) is 41.0 Å². The normalized spacial score (nSPS) is 15.1. The molecule has 1 aliphatic heterocycles. The Morgan fingerprint density at radius 2 is 2.17 bits per heavy atom. The van der Waals surface area contributed by atoms with E-state index in [4.69, 9.17) is 15.2 Å². The number of fused-ring (bicyclic) bond motifs is 1. The number of hydrogen-bond acceptors (Lipinski definition) is 6. The lowest BCUT2D eigenvalue weighted by Gasteiger charge is -2.31. The number of amides is 1. The monoisotopic (exact) mass is 314 g/mol. The maximum Gasteiger partial charge on any atom is 0.257 e. The zero-order chi connectivity index (χ0) is 16.6. The number of nitrogens with one attached hydrogen (secondary N) is 1. The van der Waals surface area contributed by atoms with Gasteiger partial charge in [0, 0.05) is 30.4 Å². The highest BCUT2D eigenvalue weighted by Gasteiger charge is 2.29. The molecule has 3 heterocycles. The van der Waals surface area contributed by atoms with Crippen LogP contribution < -0.4 is 20.5 Å². The Hall–Kier alpha value is -2.83. The Morgan fingerprint density at radius 1 is 1.39 bits per heavy atom. The summed E-state index contributed by atoms with van der Waals surface area (Å²) in [6.07, 6.45) is 1.57. The summed E-state index contributed by atoms with van der Waals surface area (Å²) in [6, 6.07) is 5.20. The van der Waals surface area contributed by atoms with Crippen LogP contribution in [-0.4, -0.2) is 28.1 Å². The van der Waals surface area contributed by atoms with Gasteiger partial charge in [0.1, 0.15) is 18.0 Å². The molecule has 0 spiro atoms. The van der Waals surface area contributed by atoms with Gasteiger partial charge < -0.3 is 20.5 Å². The summed E-state index contributed by atoms with van der Waals surface area (Å²) >= 11 is 0. The molecular weight excluding hydrogens is 296 g/mol. The molecule has 23 heavy (non-hydrogen) atoms.